The second kappa shape index (κ2) is 5.62. The number of carbonyl (C=O) groups is 1. The van der Waals surface area contributed by atoms with Crippen molar-refractivity contribution in [3.05, 3.63) is 0 Å². The lowest BCUT2D eigenvalue weighted by Crippen LogP contribution is -2.30. The van der Waals surface area contributed by atoms with Gasteiger partial charge in [-0.05, 0) is 6.92 Å². The Morgan fingerprint density at radius 3 is 2.67 bits per heavy atom. The summed E-state index contributed by atoms with van der Waals surface area (Å²) in [5.41, 5.74) is 0. The minimum atomic E-state index is 0.0416. The van der Waals surface area contributed by atoms with Crippen molar-refractivity contribution in [1.29, 1.82) is 0 Å². The molecule has 0 aliphatic rings. The number of carbonyl (C=O) groups excluding carboxylic acids is 1. The fourth-order valence-electron chi connectivity index (χ4n) is 0.678. The molecular weight excluding hydrogens is 152 g/mol. The average Bonchev–Trinajstić information content (AvgIpc) is 2.03. The van der Waals surface area contributed by atoms with Gasteiger partial charge in [-0.3, -0.25) is 4.79 Å². The van der Waals surface area contributed by atoms with Crippen molar-refractivity contribution in [2.24, 2.45) is 0 Å². The van der Waals surface area contributed by atoms with E-state index >= 15 is 0 Å². The van der Waals surface area contributed by atoms with Crippen LogP contribution in [0.25, 0.3) is 0 Å². The number of nitrogens with one attached hydrogen (secondary N) is 1. The smallest absolute Gasteiger partial charge is 0.223 e. The van der Waals surface area contributed by atoms with E-state index in [9.17, 15) is 4.79 Å². The summed E-state index contributed by atoms with van der Waals surface area (Å²) >= 11 is 0. The highest BCUT2D eigenvalue weighted by Crippen LogP contribution is 1.86. The summed E-state index contributed by atoms with van der Waals surface area (Å²) in [6.45, 7) is 2.53. The summed E-state index contributed by atoms with van der Waals surface area (Å²) in [7, 11) is 3.49. The molecule has 12 heavy (non-hydrogen) atoms. The molecule has 0 fully saturated rings. The SMILES string of the molecule is C#CC(C)NCCC(=O)N(C)C. The second-order valence-electron chi connectivity index (χ2n) is 2.88. The molecule has 0 radical (unpaired) electrons. The molecule has 0 aromatic heterocycles. The van der Waals surface area contributed by atoms with Crippen LogP contribution < -0.4 is 5.32 Å². The van der Waals surface area contributed by atoms with Gasteiger partial charge in [0.1, 0.15) is 0 Å². The van der Waals surface area contributed by atoms with Crippen LogP contribution in [0.4, 0.5) is 0 Å². The van der Waals surface area contributed by atoms with Crippen LogP contribution in [0.5, 0.6) is 0 Å². The minimum absolute atomic E-state index is 0.0416. The molecule has 0 saturated heterocycles. The van der Waals surface area contributed by atoms with Crippen molar-refractivity contribution < 1.29 is 4.79 Å². The lowest BCUT2D eigenvalue weighted by Gasteiger charge is -2.11. The maximum atomic E-state index is 11.0. The summed E-state index contributed by atoms with van der Waals surface area (Å²) in [5, 5.41) is 3.03. The van der Waals surface area contributed by atoms with Crippen molar-refractivity contribution in [2.45, 2.75) is 19.4 Å². The van der Waals surface area contributed by atoms with Crippen molar-refractivity contribution in [3.63, 3.8) is 0 Å². The molecule has 0 aromatic rings. The Hall–Kier alpha value is -1.01. The molecule has 0 aliphatic heterocycles. The van der Waals surface area contributed by atoms with Gasteiger partial charge in [-0.2, -0.15) is 0 Å². The predicted octanol–water partition coefficient (Wildman–Crippen LogP) is 0.0760. The third-order valence-corrected chi connectivity index (χ3v) is 1.54. The van der Waals surface area contributed by atoms with Gasteiger partial charge in [0.15, 0.2) is 0 Å². The van der Waals surface area contributed by atoms with Gasteiger partial charge in [0.25, 0.3) is 0 Å². The van der Waals surface area contributed by atoms with E-state index in [0.29, 0.717) is 13.0 Å². The van der Waals surface area contributed by atoms with E-state index in [4.69, 9.17) is 6.42 Å². The number of rotatable bonds is 4. The predicted molar refractivity (Wildman–Crippen MR) is 49.6 cm³/mol. The van der Waals surface area contributed by atoms with Gasteiger partial charge in [-0.15, -0.1) is 6.42 Å². The maximum Gasteiger partial charge on any atom is 0.223 e. The van der Waals surface area contributed by atoms with Crippen LogP contribution in [-0.2, 0) is 4.79 Å². The average molecular weight is 168 g/mol. The zero-order valence-corrected chi connectivity index (χ0v) is 7.92. The molecule has 1 atom stereocenters. The van der Waals surface area contributed by atoms with Gasteiger partial charge in [0, 0.05) is 27.1 Å². The minimum Gasteiger partial charge on any atom is -0.349 e. The Kier molecular flexibility index (Phi) is 5.14. The Morgan fingerprint density at radius 2 is 2.25 bits per heavy atom. The van der Waals surface area contributed by atoms with Crippen LogP contribution >= 0.6 is 0 Å². The molecule has 0 aromatic carbocycles. The van der Waals surface area contributed by atoms with Gasteiger partial charge < -0.3 is 10.2 Å². The Bertz CT molecular complexity index is 181. The largest absolute Gasteiger partial charge is 0.349 e. The molecule has 0 heterocycles. The summed E-state index contributed by atoms with van der Waals surface area (Å²) in [6, 6.07) is 0.0416. The van der Waals surface area contributed by atoms with E-state index in [1.54, 1.807) is 19.0 Å². The van der Waals surface area contributed by atoms with Crippen molar-refractivity contribution in [1.82, 2.24) is 10.2 Å². The van der Waals surface area contributed by atoms with Gasteiger partial charge >= 0.3 is 0 Å². The van der Waals surface area contributed by atoms with E-state index in [1.807, 2.05) is 6.92 Å². The lowest BCUT2D eigenvalue weighted by atomic mass is 10.3. The monoisotopic (exact) mass is 168 g/mol. The van der Waals surface area contributed by atoms with Crippen molar-refractivity contribution in [3.8, 4) is 12.3 Å². The van der Waals surface area contributed by atoms with E-state index in [-0.39, 0.29) is 11.9 Å². The number of nitrogens with zero attached hydrogens (tertiary/aromatic N) is 1. The van der Waals surface area contributed by atoms with Gasteiger partial charge in [0.05, 0.1) is 6.04 Å². The summed E-state index contributed by atoms with van der Waals surface area (Å²) in [6.07, 6.45) is 5.64. The van der Waals surface area contributed by atoms with Gasteiger partial charge in [-0.25, -0.2) is 0 Å². The van der Waals surface area contributed by atoms with Crippen LogP contribution in [0.1, 0.15) is 13.3 Å². The summed E-state index contributed by atoms with van der Waals surface area (Å²) in [5.74, 6) is 2.65. The highest BCUT2D eigenvalue weighted by Gasteiger charge is 2.03. The quantitative estimate of drug-likeness (QED) is 0.603. The van der Waals surface area contributed by atoms with Crippen LogP contribution in [0, 0.1) is 12.3 Å². The topological polar surface area (TPSA) is 32.3 Å². The molecule has 1 unspecified atom stereocenters. The molecule has 0 bridgehead atoms. The zero-order chi connectivity index (χ0) is 9.56. The van der Waals surface area contributed by atoms with E-state index < -0.39 is 0 Å². The molecule has 0 rings (SSSR count). The number of terminal acetylenes is 1. The third kappa shape index (κ3) is 4.75. The van der Waals surface area contributed by atoms with Crippen LogP contribution in [-0.4, -0.2) is 37.5 Å². The van der Waals surface area contributed by atoms with Crippen molar-refractivity contribution >= 4 is 5.91 Å². The molecular formula is C9H16N2O. The van der Waals surface area contributed by atoms with Crippen LogP contribution in [0.15, 0.2) is 0 Å². The Labute approximate surface area is 74.1 Å². The first-order valence-electron chi connectivity index (χ1n) is 3.97. The highest BCUT2D eigenvalue weighted by molar-refractivity contribution is 5.75. The molecule has 3 heteroatoms. The molecule has 68 valence electrons. The normalized spacial score (nSPS) is 11.8. The fraction of sp³-hybridized carbons (Fsp3) is 0.667. The first-order valence-corrected chi connectivity index (χ1v) is 3.97. The number of hydrogen-bond donors (Lipinski definition) is 1. The second-order valence-corrected chi connectivity index (χ2v) is 2.88. The van der Waals surface area contributed by atoms with Gasteiger partial charge in [-0.1, -0.05) is 5.92 Å². The maximum absolute atomic E-state index is 11.0. The Balaban J connectivity index is 3.45. The molecule has 0 saturated carbocycles. The molecule has 1 N–H and O–H groups in total. The summed E-state index contributed by atoms with van der Waals surface area (Å²) in [4.78, 5) is 12.6. The Morgan fingerprint density at radius 1 is 1.67 bits per heavy atom. The van der Waals surface area contributed by atoms with E-state index in [2.05, 4.69) is 11.2 Å². The molecule has 0 spiro atoms. The van der Waals surface area contributed by atoms with Crippen molar-refractivity contribution in [2.75, 3.05) is 20.6 Å². The van der Waals surface area contributed by atoms with Gasteiger partial charge in [0.2, 0.25) is 5.91 Å². The standard InChI is InChI=1S/C9H16N2O/c1-5-8(2)10-7-6-9(12)11(3)4/h1,8,10H,6-7H2,2-4H3. The first-order chi connectivity index (χ1) is 5.57. The molecule has 0 aliphatic carbocycles. The van der Waals surface area contributed by atoms with Crippen LogP contribution in [0.2, 0.25) is 0 Å². The fourth-order valence-corrected chi connectivity index (χ4v) is 0.678. The molecule has 1 amide bonds. The third-order valence-electron chi connectivity index (χ3n) is 1.54. The first kappa shape index (κ1) is 11.0. The number of amides is 1. The van der Waals surface area contributed by atoms with E-state index in [0.717, 1.165) is 0 Å². The highest BCUT2D eigenvalue weighted by atomic mass is 16.2. The van der Waals surface area contributed by atoms with E-state index in [1.165, 1.54) is 0 Å². The lowest BCUT2D eigenvalue weighted by molar-refractivity contribution is -0.128. The number of hydrogen-bond acceptors (Lipinski definition) is 2. The van der Waals surface area contributed by atoms with Crippen LogP contribution in [0.3, 0.4) is 0 Å². The summed E-state index contributed by atoms with van der Waals surface area (Å²) < 4.78 is 0. The molecule has 3 nitrogen and oxygen atoms in total. The zero-order valence-electron chi connectivity index (χ0n) is 7.92.